The van der Waals surface area contributed by atoms with Gasteiger partial charge in [0.15, 0.2) is 5.13 Å². The Morgan fingerprint density at radius 2 is 1.93 bits per heavy atom. The van der Waals surface area contributed by atoms with Crippen molar-refractivity contribution < 1.29 is 13.2 Å². The Kier molecular flexibility index (Phi) is 5.50. The van der Waals surface area contributed by atoms with Crippen LogP contribution in [0.4, 0.5) is 5.13 Å². The Hall–Kier alpha value is -1.81. The van der Waals surface area contributed by atoms with Crippen molar-refractivity contribution in [3.05, 3.63) is 40.8 Å². The van der Waals surface area contributed by atoms with Crippen LogP contribution in [0.1, 0.15) is 29.7 Å². The molecule has 3 aromatic rings. The monoisotopic (exact) mass is 435 g/mol. The number of aromatic nitrogens is 1. The van der Waals surface area contributed by atoms with Crippen molar-refractivity contribution in [1.29, 1.82) is 0 Å². The van der Waals surface area contributed by atoms with Gasteiger partial charge in [0.2, 0.25) is 5.91 Å². The largest absolute Gasteiger partial charge is 0.302 e. The SMILES string of the molecule is Cc1ccc2nc(NC(=O)Cc3ccc(S(=O)(=O)N4CCCCC4)s3)sc2c1. The van der Waals surface area contributed by atoms with Gasteiger partial charge in [-0.15, -0.1) is 11.3 Å². The normalized spacial score (nSPS) is 15.8. The number of thiazole rings is 1. The second-order valence-corrected chi connectivity index (χ2v) is 11.3. The van der Waals surface area contributed by atoms with Crippen molar-refractivity contribution in [2.45, 2.75) is 36.8 Å². The van der Waals surface area contributed by atoms with E-state index < -0.39 is 10.0 Å². The molecular weight excluding hydrogens is 414 g/mol. The maximum Gasteiger partial charge on any atom is 0.252 e. The number of carbonyl (C=O) groups is 1. The summed E-state index contributed by atoms with van der Waals surface area (Å²) in [6.45, 7) is 3.17. The summed E-state index contributed by atoms with van der Waals surface area (Å²) in [5, 5.41) is 3.38. The van der Waals surface area contributed by atoms with Crippen LogP contribution in [0, 0.1) is 6.92 Å². The molecule has 0 spiro atoms. The fraction of sp³-hybridized carbons (Fsp3) is 0.368. The smallest absolute Gasteiger partial charge is 0.252 e. The molecule has 0 bridgehead atoms. The van der Waals surface area contributed by atoms with Crippen molar-refractivity contribution >= 4 is 54.0 Å². The molecule has 1 saturated heterocycles. The van der Waals surface area contributed by atoms with Crippen molar-refractivity contribution in [3.8, 4) is 0 Å². The van der Waals surface area contributed by atoms with Gasteiger partial charge in [0.05, 0.1) is 16.6 Å². The number of anilines is 1. The van der Waals surface area contributed by atoms with Crippen LogP contribution in [0.5, 0.6) is 0 Å². The van der Waals surface area contributed by atoms with Gasteiger partial charge >= 0.3 is 0 Å². The first-order valence-electron chi connectivity index (χ1n) is 9.18. The van der Waals surface area contributed by atoms with E-state index in [1.807, 2.05) is 25.1 Å². The lowest BCUT2D eigenvalue weighted by Gasteiger charge is -2.25. The molecule has 1 amide bonds. The van der Waals surface area contributed by atoms with Crippen LogP contribution in [0.25, 0.3) is 10.2 Å². The predicted octanol–water partition coefficient (Wildman–Crippen LogP) is 4.02. The Morgan fingerprint density at radius 3 is 2.71 bits per heavy atom. The number of nitrogens with zero attached hydrogens (tertiary/aromatic N) is 2. The summed E-state index contributed by atoms with van der Waals surface area (Å²) in [5.74, 6) is -0.195. The lowest BCUT2D eigenvalue weighted by atomic mass is 10.2. The number of hydrogen-bond donors (Lipinski definition) is 1. The Bertz CT molecular complexity index is 1110. The summed E-state index contributed by atoms with van der Waals surface area (Å²) >= 11 is 2.61. The fourth-order valence-corrected chi connectivity index (χ4v) is 7.24. The van der Waals surface area contributed by atoms with Gasteiger partial charge in [-0.1, -0.05) is 23.8 Å². The number of rotatable bonds is 5. The van der Waals surface area contributed by atoms with E-state index in [1.54, 1.807) is 16.4 Å². The molecule has 28 heavy (non-hydrogen) atoms. The topological polar surface area (TPSA) is 79.4 Å². The highest BCUT2D eigenvalue weighted by Gasteiger charge is 2.27. The molecule has 6 nitrogen and oxygen atoms in total. The molecule has 0 saturated carbocycles. The molecule has 3 heterocycles. The third kappa shape index (κ3) is 4.12. The van der Waals surface area contributed by atoms with Crippen molar-refractivity contribution in [2.24, 2.45) is 0 Å². The highest BCUT2D eigenvalue weighted by atomic mass is 32.2. The van der Waals surface area contributed by atoms with E-state index >= 15 is 0 Å². The van der Waals surface area contributed by atoms with E-state index in [9.17, 15) is 13.2 Å². The number of aryl methyl sites for hydroxylation is 1. The minimum Gasteiger partial charge on any atom is -0.302 e. The Balaban J connectivity index is 1.43. The zero-order valence-corrected chi connectivity index (χ0v) is 17.9. The first-order chi connectivity index (χ1) is 13.4. The minimum absolute atomic E-state index is 0.134. The van der Waals surface area contributed by atoms with Crippen LogP contribution in [-0.2, 0) is 21.2 Å². The minimum atomic E-state index is -3.45. The zero-order valence-electron chi connectivity index (χ0n) is 15.5. The summed E-state index contributed by atoms with van der Waals surface area (Å²) in [7, 11) is -3.45. The van der Waals surface area contributed by atoms with E-state index in [4.69, 9.17) is 0 Å². The van der Waals surface area contributed by atoms with E-state index in [1.165, 1.54) is 22.7 Å². The molecule has 0 aliphatic carbocycles. The summed E-state index contributed by atoms with van der Waals surface area (Å²) in [4.78, 5) is 17.5. The van der Waals surface area contributed by atoms with Gasteiger partial charge in [0, 0.05) is 18.0 Å². The van der Waals surface area contributed by atoms with Crippen molar-refractivity contribution in [1.82, 2.24) is 9.29 Å². The highest BCUT2D eigenvalue weighted by Crippen LogP contribution is 2.29. The molecule has 0 radical (unpaired) electrons. The molecule has 1 N–H and O–H groups in total. The second kappa shape index (κ2) is 7.90. The predicted molar refractivity (Wildman–Crippen MR) is 114 cm³/mol. The number of benzene rings is 1. The summed E-state index contributed by atoms with van der Waals surface area (Å²) in [5.41, 5.74) is 2.01. The van der Waals surface area contributed by atoms with Crippen LogP contribution in [0.3, 0.4) is 0 Å². The van der Waals surface area contributed by atoms with Crippen LogP contribution >= 0.6 is 22.7 Å². The van der Waals surface area contributed by atoms with Gasteiger partial charge in [0.1, 0.15) is 4.21 Å². The highest BCUT2D eigenvalue weighted by molar-refractivity contribution is 7.91. The molecule has 0 unspecified atom stereocenters. The third-order valence-corrected chi connectivity index (χ3v) is 9.06. The molecule has 1 aromatic carbocycles. The van der Waals surface area contributed by atoms with Crippen LogP contribution in [-0.4, -0.2) is 36.7 Å². The molecule has 148 valence electrons. The lowest BCUT2D eigenvalue weighted by Crippen LogP contribution is -2.35. The maximum absolute atomic E-state index is 12.7. The average molecular weight is 436 g/mol. The number of thiophene rings is 1. The zero-order chi connectivity index (χ0) is 19.7. The lowest BCUT2D eigenvalue weighted by molar-refractivity contribution is -0.115. The first-order valence-corrected chi connectivity index (χ1v) is 12.2. The van der Waals surface area contributed by atoms with E-state index in [0.717, 1.165) is 39.9 Å². The van der Waals surface area contributed by atoms with Gasteiger partial charge in [-0.2, -0.15) is 4.31 Å². The standard InChI is InChI=1S/C19H21N3O3S3/c1-13-5-7-15-16(11-13)27-19(20-15)21-17(23)12-14-6-8-18(26-14)28(24,25)22-9-3-2-4-10-22/h5-8,11H,2-4,9-10,12H2,1H3,(H,20,21,23). The number of nitrogens with one attached hydrogen (secondary N) is 1. The van der Waals surface area contributed by atoms with E-state index in [2.05, 4.69) is 10.3 Å². The second-order valence-electron chi connectivity index (χ2n) is 6.90. The molecule has 2 aromatic heterocycles. The third-order valence-electron chi connectivity index (χ3n) is 4.67. The fourth-order valence-electron chi connectivity index (χ4n) is 3.23. The number of fused-ring (bicyclic) bond motifs is 1. The molecule has 1 aliphatic heterocycles. The summed E-state index contributed by atoms with van der Waals surface area (Å²) in [6, 6.07) is 9.30. The van der Waals surface area contributed by atoms with Gasteiger partial charge in [-0.25, -0.2) is 13.4 Å². The van der Waals surface area contributed by atoms with Crippen LogP contribution < -0.4 is 5.32 Å². The molecule has 4 rings (SSSR count). The van der Waals surface area contributed by atoms with Crippen LogP contribution in [0.2, 0.25) is 0 Å². The summed E-state index contributed by atoms with van der Waals surface area (Å²) < 4.78 is 28.4. The molecule has 1 fully saturated rings. The maximum atomic E-state index is 12.7. The van der Waals surface area contributed by atoms with Crippen molar-refractivity contribution in [3.63, 3.8) is 0 Å². The number of piperidine rings is 1. The van der Waals surface area contributed by atoms with Gasteiger partial charge in [0.25, 0.3) is 10.0 Å². The molecular formula is C19H21N3O3S3. The summed E-state index contributed by atoms with van der Waals surface area (Å²) in [6.07, 6.45) is 3.02. The molecule has 1 aliphatic rings. The van der Waals surface area contributed by atoms with Gasteiger partial charge in [-0.05, 0) is 49.6 Å². The van der Waals surface area contributed by atoms with E-state index in [0.29, 0.717) is 22.4 Å². The Labute approximate surface area is 172 Å². The average Bonchev–Trinajstić information content (AvgIpc) is 3.28. The molecule has 0 atom stereocenters. The van der Waals surface area contributed by atoms with Gasteiger partial charge < -0.3 is 5.32 Å². The number of sulfonamides is 1. The van der Waals surface area contributed by atoms with Gasteiger partial charge in [-0.3, -0.25) is 4.79 Å². The Morgan fingerprint density at radius 1 is 1.14 bits per heavy atom. The van der Waals surface area contributed by atoms with E-state index in [-0.39, 0.29) is 12.3 Å². The van der Waals surface area contributed by atoms with Crippen LogP contribution in [0.15, 0.2) is 34.5 Å². The first kappa shape index (κ1) is 19.5. The number of hydrogen-bond acceptors (Lipinski definition) is 6. The number of carbonyl (C=O) groups excluding carboxylic acids is 1. The van der Waals surface area contributed by atoms with Crippen molar-refractivity contribution in [2.75, 3.05) is 18.4 Å². The molecule has 9 heteroatoms. The number of amides is 1. The quantitative estimate of drug-likeness (QED) is 0.656.